The second-order valence-corrected chi connectivity index (χ2v) is 3.03. The summed E-state index contributed by atoms with van der Waals surface area (Å²) in [6.45, 7) is 0. The highest BCUT2D eigenvalue weighted by atomic mass is 19.4. The van der Waals surface area contributed by atoms with Crippen LogP contribution in [0.4, 0.5) is 26.3 Å². The summed E-state index contributed by atoms with van der Waals surface area (Å²) in [4.78, 5) is 10.5. The van der Waals surface area contributed by atoms with E-state index in [1.807, 2.05) is 0 Å². The van der Waals surface area contributed by atoms with E-state index in [1.165, 1.54) is 0 Å². The predicted molar refractivity (Wildman–Crippen MR) is 43.4 cm³/mol. The van der Waals surface area contributed by atoms with Crippen LogP contribution >= 0.6 is 0 Å². The minimum Gasteiger partial charge on any atom is -0.478 e. The normalized spacial score (nSPS) is 12.6. The molecule has 0 heterocycles. The van der Waals surface area contributed by atoms with Gasteiger partial charge in [0.2, 0.25) is 0 Å². The third kappa shape index (κ3) is 2.69. The number of rotatable bonds is 1. The molecule has 0 amide bonds. The lowest BCUT2D eigenvalue weighted by Crippen LogP contribution is -2.20. The summed E-state index contributed by atoms with van der Waals surface area (Å²) < 4.78 is 74.3. The van der Waals surface area contributed by atoms with Crippen molar-refractivity contribution in [1.29, 1.82) is 0 Å². The van der Waals surface area contributed by atoms with Crippen molar-refractivity contribution in [2.75, 3.05) is 0 Å². The zero-order valence-electron chi connectivity index (χ0n) is 7.86. The summed E-state index contributed by atoms with van der Waals surface area (Å²) in [5.74, 6) is -2.07. The molecule has 8 heteroatoms. The van der Waals surface area contributed by atoms with Crippen LogP contribution in [0.25, 0.3) is 0 Å². The Morgan fingerprint density at radius 1 is 1.00 bits per heavy atom. The Morgan fingerprint density at radius 3 is 1.88 bits per heavy atom. The molecule has 0 aliphatic carbocycles. The number of carboxylic acids is 1. The van der Waals surface area contributed by atoms with Crippen LogP contribution in [0.15, 0.2) is 18.2 Å². The second kappa shape index (κ2) is 3.94. The summed E-state index contributed by atoms with van der Waals surface area (Å²) in [6.07, 6.45) is -10.7. The van der Waals surface area contributed by atoms with Gasteiger partial charge >= 0.3 is 18.3 Å². The highest BCUT2D eigenvalue weighted by Gasteiger charge is 2.45. The molecule has 17 heavy (non-hydrogen) atoms. The summed E-state index contributed by atoms with van der Waals surface area (Å²) in [5.41, 5.74) is -5.61. The van der Waals surface area contributed by atoms with Gasteiger partial charge < -0.3 is 5.11 Å². The van der Waals surface area contributed by atoms with Crippen molar-refractivity contribution in [1.82, 2.24) is 0 Å². The van der Waals surface area contributed by atoms with Gasteiger partial charge in [0.05, 0.1) is 16.7 Å². The van der Waals surface area contributed by atoms with Gasteiger partial charge in [-0.3, -0.25) is 0 Å². The fourth-order valence-corrected chi connectivity index (χ4v) is 1.27. The first-order valence-electron chi connectivity index (χ1n) is 4.06. The maximum absolute atomic E-state index is 12.4. The Bertz CT molecular complexity index is 446. The minimum absolute atomic E-state index is 0.190. The lowest BCUT2D eigenvalue weighted by atomic mass is 10.00. The van der Waals surface area contributed by atoms with E-state index in [1.54, 1.807) is 0 Å². The van der Waals surface area contributed by atoms with Crippen LogP contribution < -0.4 is 0 Å². The summed E-state index contributed by atoms with van der Waals surface area (Å²) >= 11 is 0. The van der Waals surface area contributed by atoms with E-state index in [0.29, 0.717) is 12.1 Å². The number of hydrogen-bond acceptors (Lipinski definition) is 1. The van der Waals surface area contributed by atoms with Crippen LogP contribution in [0.3, 0.4) is 0 Å². The third-order valence-electron chi connectivity index (χ3n) is 1.88. The lowest BCUT2D eigenvalue weighted by molar-refractivity contribution is -0.162. The molecule has 0 unspecified atom stereocenters. The van der Waals surface area contributed by atoms with Gasteiger partial charge in [0.1, 0.15) is 0 Å². The fourth-order valence-electron chi connectivity index (χ4n) is 1.27. The van der Waals surface area contributed by atoms with E-state index in [0.717, 1.165) is 0 Å². The topological polar surface area (TPSA) is 37.3 Å². The number of carboxylic acid groups (broad SMARTS) is 1. The second-order valence-electron chi connectivity index (χ2n) is 3.03. The van der Waals surface area contributed by atoms with Gasteiger partial charge in [0.15, 0.2) is 0 Å². The summed E-state index contributed by atoms with van der Waals surface area (Å²) in [7, 11) is 0. The molecule has 1 N–H and O–H groups in total. The molecule has 0 aromatic heterocycles. The van der Waals surface area contributed by atoms with Gasteiger partial charge in [0, 0.05) is 0 Å². The molecule has 1 aromatic rings. The smallest absolute Gasteiger partial charge is 0.417 e. The van der Waals surface area contributed by atoms with Crippen LogP contribution in [0, 0.1) is 0 Å². The van der Waals surface area contributed by atoms with Crippen LogP contribution in [-0.4, -0.2) is 11.1 Å². The SMILES string of the molecule is O=C(O)c1cccc(C(F)(F)F)c1C(F)(F)F. The molecule has 1 rings (SSSR count). The third-order valence-corrected chi connectivity index (χ3v) is 1.88. The van der Waals surface area contributed by atoms with Gasteiger partial charge in [-0.25, -0.2) is 4.79 Å². The van der Waals surface area contributed by atoms with E-state index in [2.05, 4.69) is 0 Å². The van der Waals surface area contributed by atoms with Crippen molar-refractivity contribution in [2.24, 2.45) is 0 Å². The first kappa shape index (κ1) is 13.3. The highest BCUT2D eigenvalue weighted by molar-refractivity contribution is 5.90. The van der Waals surface area contributed by atoms with Gasteiger partial charge in [-0.2, -0.15) is 26.3 Å². The molecule has 0 bridgehead atoms. The number of carbonyl (C=O) groups is 1. The standard InChI is InChI=1S/C9H4F6O2/c10-8(11,12)5-3-1-2-4(7(16)17)6(5)9(13,14)15/h1-3H,(H,16,17). The Labute approximate surface area is 90.5 Å². The van der Waals surface area contributed by atoms with Gasteiger partial charge in [0.25, 0.3) is 0 Å². The van der Waals surface area contributed by atoms with Crippen molar-refractivity contribution in [3.63, 3.8) is 0 Å². The molecule has 0 radical (unpaired) electrons. The van der Waals surface area contributed by atoms with Crippen LogP contribution in [0.2, 0.25) is 0 Å². The molecule has 0 saturated carbocycles. The monoisotopic (exact) mass is 258 g/mol. The number of benzene rings is 1. The van der Waals surface area contributed by atoms with Crippen molar-refractivity contribution >= 4 is 5.97 Å². The maximum Gasteiger partial charge on any atom is 0.417 e. The molecule has 0 spiro atoms. The average Bonchev–Trinajstić information content (AvgIpc) is 2.13. The van der Waals surface area contributed by atoms with E-state index in [-0.39, 0.29) is 6.07 Å². The fraction of sp³-hybridized carbons (Fsp3) is 0.222. The zero-order chi connectivity index (χ0) is 13.4. The molecule has 0 atom stereocenters. The van der Waals surface area contributed by atoms with Crippen molar-refractivity contribution in [3.05, 3.63) is 34.9 Å². The molecule has 0 fully saturated rings. The highest BCUT2D eigenvalue weighted by Crippen LogP contribution is 2.41. The molecule has 0 aliphatic rings. The van der Waals surface area contributed by atoms with E-state index in [9.17, 15) is 31.1 Å². The predicted octanol–water partition coefficient (Wildman–Crippen LogP) is 3.42. The number of hydrogen-bond donors (Lipinski definition) is 1. The van der Waals surface area contributed by atoms with E-state index >= 15 is 0 Å². The molecule has 94 valence electrons. The van der Waals surface area contributed by atoms with Crippen molar-refractivity contribution in [3.8, 4) is 0 Å². The zero-order valence-corrected chi connectivity index (χ0v) is 7.86. The molecular weight excluding hydrogens is 254 g/mol. The number of alkyl halides is 6. The van der Waals surface area contributed by atoms with Gasteiger partial charge in [-0.15, -0.1) is 0 Å². The number of halogens is 6. The number of aromatic carboxylic acids is 1. The Kier molecular flexibility index (Phi) is 3.09. The van der Waals surface area contributed by atoms with Crippen LogP contribution in [0.5, 0.6) is 0 Å². The van der Waals surface area contributed by atoms with Crippen molar-refractivity contribution < 1.29 is 36.2 Å². The Balaban J connectivity index is 3.64. The molecule has 0 aliphatic heterocycles. The molecule has 2 nitrogen and oxygen atoms in total. The Hall–Kier alpha value is -1.73. The molecule has 0 saturated heterocycles. The average molecular weight is 258 g/mol. The molecule has 1 aromatic carbocycles. The quantitative estimate of drug-likeness (QED) is 0.783. The van der Waals surface area contributed by atoms with Gasteiger partial charge in [-0.05, 0) is 12.1 Å². The maximum atomic E-state index is 12.4. The van der Waals surface area contributed by atoms with E-state index < -0.39 is 35.0 Å². The minimum atomic E-state index is -5.39. The largest absolute Gasteiger partial charge is 0.478 e. The van der Waals surface area contributed by atoms with Gasteiger partial charge in [-0.1, -0.05) is 6.07 Å². The van der Waals surface area contributed by atoms with Crippen molar-refractivity contribution in [2.45, 2.75) is 12.4 Å². The lowest BCUT2D eigenvalue weighted by Gasteiger charge is -2.17. The first-order valence-corrected chi connectivity index (χ1v) is 4.06. The summed E-state index contributed by atoms with van der Waals surface area (Å²) in [6, 6.07) is 1.27. The van der Waals surface area contributed by atoms with E-state index in [4.69, 9.17) is 5.11 Å². The van der Waals surface area contributed by atoms with Crippen LogP contribution in [-0.2, 0) is 12.4 Å². The van der Waals surface area contributed by atoms with Crippen LogP contribution in [0.1, 0.15) is 21.5 Å². The molecular formula is C9H4F6O2. The Morgan fingerprint density at radius 2 is 1.53 bits per heavy atom. The summed E-state index contributed by atoms with van der Waals surface area (Å²) in [5, 5.41) is 8.45. The first-order chi connectivity index (χ1) is 7.55.